The van der Waals surface area contributed by atoms with Gasteiger partial charge in [0.25, 0.3) is 15.2 Å². The molecule has 2 N–H and O–H groups in total. The smallest absolute Gasteiger partial charge is 0.323 e. The normalized spacial score (nSPS) is 20.8. The second-order valence-electron chi connectivity index (χ2n) is 4.61. The van der Waals surface area contributed by atoms with Crippen molar-refractivity contribution >= 4 is 16.0 Å². The molecule has 110 valence electrons. The molecule has 0 aliphatic carbocycles. The molecule has 1 aliphatic rings. The van der Waals surface area contributed by atoms with Gasteiger partial charge in [0.05, 0.1) is 0 Å². The van der Waals surface area contributed by atoms with E-state index >= 15 is 0 Å². The van der Waals surface area contributed by atoms with E-state index in [1.54, 1.807) is 19.9 Å². The van der Waals surface area contributed by atoms with Gasteiger partial charge in [-0.1, -0.05) is 0 Å². The molecule has 1 aliphatic heterocycles. The molecule has 1 atom stereocenters. The number of aryl methyl sites for hydroxylation is 2. The van der Waals surface area contributed by atoms with Crippen molar-refractivity contribution in [1.82, 2.24) is 19.6 Å². The monoisotopic (exact) mass is 300 g/mol. The predicted molar refractivity (Wildman–Crippen MR) is 69.7 cm³/mol. The fraction of sp³-hybridized carbons (Fsp3) is 0.545. The highest BCUT2D eigenvalue weighted by molar-refractivity contribution is 7.89. The lowest BCUT2D eigenvalue weighted by Gasteiger charge is -2.31. The third-order valence-electron chi connectivity index (χ3n) is 2.98. The number of piperazine rings is 1. The van der Waals surface area contributed by atoms with Crippen LogP contribution in [0.1, 0.15) is 11.4 Å². The molecule has 1 aromatic rings. The Morgan fingerprint density at radius 1 is 1.40 bits per heavy atom. The lowest BCUT2D eigenvalue weighted by molar-refractivity contribution is -0.141. The fourth-order valence-electron chi connectivity index (χ4n) is 2.10. The Labute approximate surface area is 116 Å². The van der Waals surface area contributed by atoms with Crippen molar-refractivity contribution in [1.29, 1.82) is 0 Å². The molecule has 1 unspecified atom stereocenters. The Balaban J connectivity index is 2.44. The quantitative estimate of drug-likeness (QED) is 0.698. The summed E-state index contributed by atoms with van der Waals surface area (Å²) in [7, 11) is -4.01. The number of hydrogen-bond donors (Lipinski definition) is 2. The highest BCUT2D eigenvalue weighted by Gasteiger charge is 2.39. The van der Waals surface area contributed by atoms with E-state index in [1.165, 1.54) is 0 Å². The molecule has 8 nitrogen and oxygen atoms in total. The zero-order chi connectivity index (χ0) is 14.9. The van der Waals surface area contributed by atoms with E-state index in [2.05, 4.69) is 15.3 Å². The first-order valence-corrected chi connectivity index (χ1v) is 7.54. The zero-order valence-corrected chi connectivity index (χ0v) is 12.0. The van der Waals surface area contributed by atoms with Gasteiger partial charge in [-0.3, -0.25) is 4.79 Å². The van der Waals surface area contributed by atoms with Crippen LogP contribution in [-0.4, -0.2) is 59.4 Å². The van der Waals surface area contributed by atoms with Crippen molar-refractivity contribution in [2.24, 2.45) is 0 Å². The summed E-state index contributed by atoms with van der Waals surface area (Å²) < 4.78 is 26.0. The number of rotatable bonds is 3. The molecule has 0 aromatic carbocycles. The maximum Gasteiger partial charge on any atom is 0.323 e. The van der Waals surface area contributed by atoms with E-state index in [9.17, 15) is 13.2 Å². The molecule has 0 spiro atoms. The largest absolute Gasteiger partial charge is 0.480 e. The van der Waals surface area contributed by atoms with Gasteiger partial charge in [0, 0.05) is 31.0 Å². The van der Waals surface area contributed by atoms with Gasteiger partial charge in [-0.2, -0.15) is 4.31 Å². The number of sulfonamides is 1. The Hall–Kier alpha value is -1.58. The molecule has 0 bridgehead atoms. The van der Waals surface area contributed by atoms with E-state index < -0.39 is 22.0 Å². The van der Waals surface area contributed by atoms with Crippen LogP contribution < -0.4 is 5.32 Å². The summed E-state index contributed by atoms with van der Waals surface area (Å²) in [6, 6.07) is 0.518. The molecule has 0 amide bonds. The minimum atomic E-state index is -4.01. The van der Waals surface area contributed by atoms with Crippen LogP contribution in [0.5, 0.6) is 0 Å². The number of nitrogens with zero attached hydrogens (tertiary/aromatic N) is 3. The summed E-state index contributed by atoms with van der Waals surface area (Å²) in [5.74, 6) is -1.19. The summed E-state index contributed by atoms with van der Waals surface area (Å²) in [5, 5.41) is 11.7. The Bertz CT molecular complexity index is 611. The molecule has 1 saturated heterocycles. The summed E-state index contributed by atoms with van der Waals surface area (Å²) >= 11 is 0. The molecule has 1 fully saturated rings. The van der Waals surface area contributed by atoms with Crippen LogP contribution in [0.4, 0.5) is 0 Å². The Kier molecular flexibility index (Phi) is 4.02. The Morgan fingerprint density at radius 3 is 2.55 bits per heavy atom. The minimum Gasteiger partial charge on any atom is -0.480 e. The van der Waals surface area contributed by atoms with Crippen LogP contribution >= 0.6 is 0 Å². The molecule has 0 saturated carbocycles. The van der Waals surface area contributed by atoms with Gasteiger partial charge < -0.3 is 10.4 Å². The van der Waals surface area contributed by atoms with E-state index in [0.29, 0.717) is 17.9 Å². The van der Waals surface area contributed by atoms with Crippen LogP contribution in [0.25, 0.3) is 0 Å². The molecule has 0 radical (unpaired) electrons. The van der Waals surface area contributed by atoms with Gasteiger partial charge in [0.2, 0.25) is 0 Å². The molecular weight excluding hydrogens is 284 g/mol. The second-order valence-corrected chi connectivity index (χ2v) is 6.39. The zero-order valence-electron chi connectivity index (χ0n) is 11.2. The van der Waals surface area contributed by atoms with Crippen LogP contribution in [-0.2, 0) is 14.8 Å². The van der Waals surface area contributed by atoms with Crippen molar-refractivity contribution in [3.63, 3.8) is 0 Å². The molecule has 20 heavy (non-hydrogen) atoms. The minimum absolute atomic E-state index is 0.0688. The molecule has 9 heteroatoms. The molecular formula is C11H16N4O4S. The SMILES string of the molecule is Cc1cc(C)nc(S(=O)(=O)N2CCNCC2C(=O)O)n1. The summed E-state index contributed by atoms with van der Waals surface area (Å²) in [6.07, 6.45) is 0. The maximum absolute atomic E-state index is 12.5. The van der Waals surface area contributed by atoms with E-state index in [-0.39, 0.29) is 18.2 Å². The van der Waals surface area contributed by atoms with Crippen LogP contribution in [0.15, 0.2) is 11.2 Å². The number of hydrogen-bond acceptors (Lipinski definition) is 6. The van der Waals surface area contributed by atoms with Gasteiger partial charge in [0.1, 0.15) is 6.04 Å². The van der Waals surface area contributed by atoms with Crippen LogP contribution in [0.2, 0.25) is 0 Å². The van der Waals surface area contributed by atoms with Crippen molar-refractivity contribution in [3.8, 4) is 0 Å². The third kappa shape index (κ3) is 2.79. The first-order valence-electron chi connectivity index (χ1n) is 6.10. The van der Waals surface area contributed by atoms with Crippen molar-refractivity contribution in [2.75, 3.05) is 19.6 Å². The molecule has 2 heterocycles. The number of nitrogens with one attached hydrogen (secondary N) is 1. The Morgan fingerprint density at radius 2 is 2.00 bits per heavy atom. The number of carboxylic acid groups (broad SMARTS) is 1. The summed E-state index contributed by atoms with van der Waals surface area (Å²) in [4.78, 5) is 19.0. The fourth-order valence-corrected chi connectivity index (χ4v) is 3.66. The highest BCUT2D eigenvalue weighted by atomic mass is 32.2. The molecule has 1 aromatic heterocycles. The van der Waals surface area contributed by atoms with Crippen LogP contribution in [0.3, 0.4) is 0 Å². The summed E-state index contributed by atoms with van der Waals surface area (Å²) in [6.45, 7) is 3.88. The highest BCUT2D eigenvalue weighted by Crippen LogP contribution is 2.17. The van der Waals surface area contributed by atoms with Crippen molar-refractivity contribution in [3.05, 3.63) is 17.5 Å². The van der Waals surface area contributed by atoms with E-state index in [0.717, 1.165) is 4.31 Å². The maximum atomic E-state index is 12.5. The average Bonchev–Trinajstić information content (AvgIpc) is 2.37. The predicted octanol–water partition coefficient (Wildman–Crippen LogP) is -0.859. The van der Waals surface area contributed by atoms with E-state index in [4.69, 9.17) is 5.11 Å². The molecule has 2 rings (SSSR count). The number of aliphatic carboxylic acids is 1. The van der Waals surface area contributed by atoms with Crippen molar-refractivity contribution in [2.45, 2.75) is 25.0 Å². The van der Waals surface area contributed by atoms with E-state index in [1.807, 2.05) is 0 Å². The van der Waals surface area contributed by atoms with Gasteiger partial charge >= 0.3 is 5.97 Å². The second kappa shape index (κ2) is 5.43. The average molecular weight is 300 g/mol. The van der Waals surface area contributed by atoms with Crippen LogP contribution in [0, 0.1) is 13.8 Å². The summed E-state index contributed by atoms with van der Waals surface area (Å²) in [5.41, 5.74) is 1.05. The van der Waals surface area contributed by atoms with Gasteiger partial charge in [-0.25, -0.2) is 18.4 Å². The first kappa shape index (κ1) is 14.8. The topological polar surface area (TPSA) is 112 Å². The van der Waals surface area contributed by atoms with Crippen molar-refractivity contribution < 1.29 is 18.3 Å². The number of aromatic nitrogens is 2. The lowest BCUT2D eigenvalue weighted by Crippen LogP contribution is -2.57. The van der Waals surface area contributed by atoms with Gasteiger partial charge in [-0.05, 0) is 19.9 Å². The standard InChI is InChI=1S/C11H16N4O4S/c1-7-5-8(2)14-11(13-7)20(18,19)15-4-3-12-6-9(15)10(16)17/h5,9,12H,3-4,6H2,1-2H3,(H,16,17). The first-order chi connectivity index (χ1) is 9.32. The third-order valence-corrected chi connectivity index (χ3v) is 4.68. The number of carboxylic acids is 1. The number of carbonyl (C=O) groups is 1. The lowest BCUT2D eigenvalue weighted by atomic mass is 10.2. The van der Waals surface area contributed by atoms with Gasteiger partial charge in [-0.15, -0.1) is 0 Å². The van der Waals surface area contributed by atoms with Gasteiger partial charge in [0.15, 0.2) is 0 Å².